The van der Waals surface area contributed by atoms with E-state index in [0.29, 0.717) is 47.7 Å². The number of thiazole rings is 1. The molecule has 0 spiro atoms. The van der Waals surface area contributed by atoms with Crippen molar-refractivity contribution in [2.75, 3.05) is 34.0 Å². The van der Waals surface area contributed by atoms with Crippen molar-refractivity contribution in [2.45, 2.75) is 13.0 Å². The summed E-state index contributed by atoms with van der Waals surface area (Å²) in [6, 6.07) is 9.44. The Labute approximate surface area is 239 Å². The summed E-state index contributed by atoms with van der Waals surface area (Å²) in [5.74, 6) is 0.335. The average Bonchev–Trinajstić information content (AvgIpc) is 3.22. The topological polar surface area (TPSA) is 88.4 Å². The predicted molar refractivity (Wildman–Crippen MR) is 152 cm³/mol. The van der Waals surface area contributed by atoms with Gasteiger partial charge < -0.3 is 18.9 Å². The Kier molecular flexibility index (Phi) is 9.29. The molecule has 3 aromatic rings. The number of allylic oxidation sites excluding steroid dienone is 1. The van der Waals surface area contributed by atoms with E-state index in [-0.39, 0.29) is 31.0 Å². The van der Waals surface area contributed by atoms with Gasteiger partial charge in [0.15, 0.2) is 16.3 Å². The zero-order valence-corrected chi connectivity index (χ0v) is 23.9. The lowest BCUT2D eigenvalue weighted by Gasteiger charge is -2.25. The SMILES string of the molecule is C=CCOc1ccc(C2C(C(=O)OCCOC)=C(C)N=c3s/c(=C\c4ccc(Cl)cc4Cl)c(=O)n32)cc1OC. The molecule has 0 bridgehead atoms. The van der Waals surface area contributed by atoms with Crippen molar-refractivity contribution in [3.63, 3.8) is 0 Å². The van der Waals surface area contributed by atoms with E-state index in [4.69, 9.17) is 42.1 Å². The quantitative estimate of drug-likeness (QED) is 0.199. The summed E-state index contributed by atoms with van der Waals surface area (Å²) >= 11 is 13.6. The molecule has 2 aromatic carbocycles. The van der Waals surface area contributed by atoms with Gasteiger partial charge in [0.25, 0.3) is 5.56 Å². The fraction of sp³-hybridized carbons (Fsp3) is 0.250. The number of aromatic nitrogens is 1. The number of ether oxygens (including phenoxy) is 4. The van der Waals surface area contributed by atoms with Crippen molar-refractivity contribution in [3.05, 3.63) is 101 Å². The molecule has 0 saturated heterocycles. The highest BCUT2D eigenvalue weighted by molar-refractivity contribution is 7.07. The van der Waals surface area contributed by atoms with Crippen molar-refractivity contribution in [3.8, 4) is 11.5 Å². The van der Waals surface area contributed by atoms with E-state index < -0.39 is 12.0 Å². The average molecular weight is 589 g/mol. The summed E-state index contributed by atoms with van der Waals surface area (Å²) in [7, 11) is 3.03. The van der Waals surface area contributed by atoms with Gasteiger partial charge in [-0.1, -0.05) is 59.3 Å². The maximum atomic E-state index is 13.8. The molecule has 8 nitrogen and oxygen atoms in total. The zero-order valence-electron chi connectivity index (χ0n) is 21.5. The number of methoxy groups -OCH3 is 2. The number of hydrogen-bond donors (Lipinski definition) is 0. The van der Waals surface area contributed by atoms with E-state index >= 15 is 0 Å². The van der Waals surface area contributed by atoms with E-state index in [0.717, 1.165) is 0 Å². The van der Waals surface area contributed by atoms with Crippen LogP contribution in [0.3, 0.4) is 0 Å². The first-order chi connectivity index (χ1) is 18.8. The minimum atomic E-state index is -0.832. The summed E-state index contributed by atoms with van der Waals surface area (Å²) < 4.78 is 23.6. The second kappa shape index (κ2) is 12.7. The molecule has 0 aliphatic carbocycles. The van der Waals surface area contributed by atoms with Crippen LogP contribution in [0.15, 0.2) is 70.1 Å². The number of carbonyl (C=O) groups is 1. The van der Waals surface area contributed by atoms with Gasteiger partial charge in [0, 0.05) is 17.2 Å². The molecular formula is C28H26Cl2N2O6S. The normalized spacial score (nSPS) is 15.0. The first-order valence-electron chi connectivity index (χ1n) is 11.8. The van der Waals surface area contributed by atoms with E-state index in [9.17, 15) is 9.59 Å². The minimum absolute atomic E-state index is 0.0516. The van der Waals surface area contributed by atoms with Crippen LogP contribution in [0.4, 0.5) is 0 Å². The lowest BCUT2D eigenvalue weighted by Crippen LogP contribution is -2.40. The van der Waals surface area contributed by atoms with Gasteiger partial charge in [-0.3, -0.25) is 9.36 Å². The molecule has 0 N–H and O–H groups in total. The summed E-state index contributed by atoms with van der Waals surface area (Å²) in [6.07, 6.45) is 3.31. The second-order valence-electron chi connectivity index (χ2n) is 8.39. The Morgan fingerprint density at radius 3 is 2.64 bits per heavy atom. The molecule has 4 rings (SSSR count). The van der Waals surface area contributed by atoms with Gasteiger partial charge in [0.1, 0.15) is 13.2 Å². The Hall–Kier alpha value is -3.37. The van der Waals surface area contributed by atoms with Gasteiger partial charge in [0.2, 0.25) is 0 Å². The lowest BCUT2D eigenvalue weighted by molar-refractivity contribution is -0.140. The number of hydrogen-bond acceptors (Lipinski definition) is 8. The molecule has 39 heavy (non-hydrogen) atoms. The number of benzene rings is 2. The van der Waals surface area contributed by atoms with Crippen LogP contribution in [0.25, 0.3) is 6.08 Å². The van der Waals surface area contributed by atoms with Crippen LogP contribution >= 0.6 is 34.5 Å². The minimum Gasteiger partial charge on any atom is -0.493 e. The number of nitrogens with zero attached hydrogens (tertiary/aromatic N) is 2. The Morgan fingerprint density at radius 1 is 1.15 bits per heavy atom. The molecule has 0 radical (unpaired) electrons. The first-order valence-corrected chi connectivity index (χ1v) is 13.4. The summed E-state index contributed by atoms with van der Waals surface area (Å²) in [4.78, 5) is 32.2. The highest BCUT2D eigenvalue weighted by atomic mass is 35.5. The van der Waals surface area contributed by atoms with Crippen molar-refractivity contribution < 1.29 is 23.7 Å². The summed E-state index contributed by atoms with van der Waals surface area (Å²) in [5.41, 5.74) is 1.57. The molecule has 1 aliphatic rings. The third kappa shape index (κ3) is 6.12. The van der Waals surface area contributed by atoms with Crippen molar-refractivity contribution >= 4 is 46.6 Å². The molecule has 1 unspecified atom stereocenters. The zero-order chi connectivity index (χ0) is 28.1. The molecular weight excluding hydrogens is 563 g/mol. The maximum Gasteiger partial charge on any atom is 0.338 e. The largest absolute Gasteiger partial charge is 0.493 e. The number of fused-ring (bicyclic) bond motifs is 1. The van der Waals surface area contributed by atoms with E-state index in [1.165, 1.54) is 30.1 Å². The molecule has 1 atom stereocenters. The number of halogens is 2. The van der Waals surface area contributed by atoms with Crippen molar-refractivity contribution in [2.24, 2.45) is 4.99 Å². The van der Waals surface area contributed by atoms with Crippen LogP contribution in [0.2, 0.25) is 10.0 Å². The molecule has 0 fully saturated rings. The molecule has 0 saturated carbocycles. The van der Waals surface area contributed by atoms with Crippen LogP contribution in [-0.2, 0) is 14.3 Å². The molecule has 204 valence electrons. The van der Waals surface area contributed by atoms with E-state index in [1.807, 2.05) is 0 Å². The van der Waals surface area contributed by atoms with Gasteiger partial charge in [-0.05, 0) is 48.4 Å². The monoisotopic (exact) mass is 588 g/mol. The van der Waals surface area contributed by atoms with Crippen molar-refractivity contribution in [1.29, 1.82) is 0 Å². The Bertz CT molecular complexity index is 1630. The van der Waals surface area contributed by atoms with Crippen LogP contribution in [0, 0.1) is 0 Å². The number of rotatable bonds is 10. The van der Waals surface area contributed by atoms with Gasteiger partial charge in [0.05, 0.1) is 35.6 Å². The number of esters is 1. The smallest absolute Gasteiger partial charge is 0.338 e. The third-order valence-electron chi connectivity index (χ3n) is 5.87. The Morgan fingerprint density at radius 2 is 1.95 bits per heavy atom. The fourth-order valence-corrected chi connectivity index (χ4v) is 5.58. The van der Waals surface area contributed by atoms with Gasteiger partial charge in [-0.25, -0.2) is 9.79 Å². The first kappa shape index (κ1) is 28.6. The molecule has 11 heteroatoms. The van der Waals surface area contributed by atoms with Crippen LogP contribution < -0.4 is 24.4 Å². The molecule has 2 heterocycles. The molecule has 0 amide bonds. The van der Waals surface area contributed by atoms with Gasteiger partial charge >= 0.3 is 5.97 Å². The molecule has 1 aliphatic heterocycles. The third-order valence-corrected chi connectivity index (χ3v) is 7.42. The van der Waals surface area contributed by atoms with Crippen molar-refractivity contribution in [1.82, 2.24) is 4.57 Å². The lowest BCUT2D eigenvalue weighted by atomic mass is 9.95. The van der Waals surface area contributed by atoms with Crippen LogP contribution in [0.1, 0.15) is 24.1 Å². The van der Waals surface area contributed by atoms with E-state index in [2.05, 4.69) is 11.6 Å². The fourth-order valence-electron chi connectivity index (χ4n) is 4.08. The Balaban J connectivity index is 1.91. The second-order valence-corrected chi connectivity index (χ2v) is 10.2. The highest BCUT2D eigenvalue weighted by Crippen LogP contribution is 2.36. The van der Waals surface area contributed by atoms with E-state index in [1.54, 1.807) is 55.5 Å². The number of carbonyl (C=O) groups excluding carboxylic acids is 1. The van der Waals surface area contributed by atoms with Gasteiger partial charge in [-0.15, -0.1) is 0 Å². The standard InChI is InChI=1S/C28H26Cl2N2O6S/c1-5-10-37-21-9-7-18(13-22(21)36-4)25-24(27(34)38-12-11-35-3)16(2)31-28-32(25)26(33)23(39-28)14-17-6-8-19(29)15-20(17)30/h5-9,13-15,25H,1,10-12H2,2-4H3/b23-14-. The van der Waals surface area contributed by atoms with Crippen LogP contribution in [0.5, 0.6) is 11.5 Å². The van der Waals surface area contributed by atoms with Crippen LogP contribution in [-0.4, -0.2) is 44.6 Å². The maximum absolute atomic E-state index is 13.8. The highest BCUT2D eigenvalue weighted by Gasteiger charge is 2.34. The summed E-state index contributed by atoms with van der Waals surface area (Å²) in [6.45, 7) is 5.95. The summed E-state index contributed by atoms with van der Waals surface area (Å²) in [5, 5.41) is 0.892. The van der Waals surface area contributed by atoms with Gasteiger partial charge in [-0.2, -0.15) is 0 Å². The predicted octanol–water partition coefficient (Wildman–Crippen LogP) is 4.31. The molecule has 1 aromatic heterocycles.